The van der Waals surface area contributed by atoms with E-state index in [-0.39, 0.29) is 11.5 Å². The van der Waals surface area contributed by atoms with E-state index in [1.807, 2.05) is 18.2 Å². The van der Waals surface area contributed by atoms with Crippen molar-refractivity contribution in [3.8, 4) is 0 Å². The van der Waals surface area contributed by atoms with Crippen molar-refractivity contribution in [3.63, 3.8) is 0 Å². The molecule has 1 unspecified atom stereocenters. The summed E-state index contributed by atoms with van der Waals surface area (Å²) in [4.78, 5) is 0. The van der Waals surface area contributed by atoms with Crippen LogP contribution in [-0.2, 0) is 10.3 Å². The molecule has 1 aliphatic heterocycles. The van der Waals surface area contributed by atoms with E-state index < -0.39 is 5.60 Å². The van der Waals surface area contributed by atoms with Crippen molar-refractivity contribution in [2.45, 2.75) is 90.4 Å². The maximum Gasteiger partial charge on any atom is 0.116 e. The quantitative estimate of drug-likeness (QED) is 0.664. The highest BCUT2D eigenvalue weighted by atomic mass is 16.5. The Morgan fingerprint density at radius 1 is 1.15 bits per heavy atom. The van der Waals surface area contributed by atoms with Crippen molar-refractivity contribution in [1.82, 2.24) is 0 Å². The Morgan fingerprint density at radius 3 is 2.54 bits per heavy atom. The summed E-state index contributed by atoms with van der Waals surface area (Å²) in [6.07, 6.45) is 8.10. The zero-order valence-electron chi connectivity index (χ0n) is 17.0. The van der Waals surface area contributed by atoms with Gasteiger partial charge in [0, 0.05) is 0 Å². The van der Waals surface area contributed by atoms with E-state index in [0.717, 1.165) is 30.7 Å². The Hall–Kier alpha value is -0.860. The summed E-state index contributed by atoms with van der Waals surface area (Å²) in [7, 11) is 0. The van der Waals surface area contributed by atoms with Gasteiger partial charge in [-0.1, -0.05) is 77.3 Å². The Kier molecular flexibility index (Phi) is 4.51. The van der Waals surface area contributed by atoms with Crippen LogP contribution in [0.2, 0.25) is 0 Å². The minimum absolute atomic E-state index is 0.0622. The zero-order valence-corrected chi connectivity index (χ0v) is 17.0. The maximum absolute atomic E-state index is 11.8. The van der Waals surface area contributed by atoms with Crippen LogP contribution in [0.3, 0.4) is 0 Å². The molecule has 4 rings (SSSR count). The third kappa shape index (κ3) is 2.44. The molecule has 3 fully saturated rings. The van der Waals surface area contributed by atoms with Gasteiger partial charge in [0.2, 0.25) is 0 Å². The summed E-state index contributed by atoms with van der Waals surface area (Å²) in [5, 5.41) is 11.8. The van der Waals surface area contributed by atoms with Crippen molar-refractivity contribution >= 4 is 0 Å². The molecule has 2 saturated carbocycles. The highest BCUT2D eigenvalue weighted by molar-refractivity contribution is 5.26. The fourth-order valence-electron chi connectivity index (χ4n) is 6.69. The van der Waals surface area contributed by atoms with Crippen molar-refractivity contribution in [2.75, 3.05) is 0 Å². The van der Waals surface area contributed by atoms with E-state index in [1.54, 1.807) is 0 Å². The zero-order chi connectivity index (χ0) is 18.6. The van der Waals surface area contributed by atoms with Gasteiger partial charge in [-0.3, -0.25) is 0 Å². The van der Waals surface area contributed by atoms with Gasteiger partial charge in [0.1, 0.15) is 5.60 Å². The van der Waals surface area contributed by atoms with Gasteiger partial charge in [-0.05, 0) is 53.9 Å². The summed E-state index contributed by atoms with van der Waals surface area (Å²) >= 11 is 0. The standard InChI is InChI=1S/C24H36O2/c1-5-6-10-14-24(25,17-11-8-7-9-12-17)20-16-18-19-13-15-23(4,21(18)26-20)22(19,2)3/h7-9,11-12,18-21,25H,5-6,10,13-16H2,1-4H3/t18-,19-,20-,21-,23+,24?/m1/s1. The molecule has 1 aromatic rings. The number of ether oxygens (including phenoxy) is 1. The first-order chi connectivity index (χ1) is 12.3. The van der Waals surface area contributed by atoms with Gasteiger partial charge in [-0.2, -0.15) is 0 Å². The van der Waals surface area contributed by atoms with Crippen LogP contribution >= 0.6 is 0 Å². The van der Waals surface area contributed by atoms with Gasteiger partial charge in [-0.15, -0.1) is 0 Å². The van der Waals surface area contributed by atoms with E-state index >= 15 is 0 Å². The Bertz CT molecular complexity index is 639. The summed E-state index contributed by atoms with van der Waals surface area (Å²) in [6.45, 7) is 9.56. The average molecular weight is 357 g/mol. The molecule has 144 valence electrons. The lowest BCUT2D eigenvalue weighted by Crippen LogP contribution is -2.43. The largest absolute Gasteiger partial charge is 0.382 e. The predicted molar refractivity (Wildman–Crippen MR) is 106 cm³/mol. The predicted octanol–water partition coefficient (Wildman–Crippen LogP) is 5.68. The highest BCUT2D eigenvalue weighted by Gasteiger charge is 2.70. The smallest absolute Gasteiger partial charge is 0.116 e. The fourth-order valence-corrected chi connectivity index (χ4v) is 6.69. The molecule has 6 atom stereocenters. The molecule has 0 aromatic heterocycles. The second kappa shape index (κ2) is 6.34. The molecule has 1 heterocycles. The van der Waals surface area contributed by atoms with Crippen LogP contribution < -0.4 is 0 Å². The minimum atomic E-state index is -0.847. The first-order valence-corrected chi connectivity index (χ1v) is 10.8. The monoisotopic (exact) mass is 356 g/mol. The molecule has 1 N–H and O–H groups in total. The van der Waals surface area contributed by atoms with E-state index in [9.17, 15) is 5.11 Å². The van der Waals surface area contributed by atoms with Crippen molar-refractivity contribution < 1.29 is 9.84 Å². The molecule has 26 heavy (non-hydrogen) atoms. The number of unbranched alkanes of at least 4 members (excludes halogenated alkanes) is 2. The molecule has 0 radical (unpaired) electrons. The lowest BCUT2D eigenvalue weighted by atomic mass is 9.70. The lowest BCUT2D eigenvalue weighted by molar-refractivity contribution is -0.143. The summed E-state index contributed by atoms with van der Waals surface area (Å²) < 4.78 is 6.76. The number of rotatable bonds is 6. The topological polar surface area (TPSA) is 29.5 Å². The van der Waals surface area contributed by atoms with E-state index in [2.05, 4.69) is 39.8 Å². The van der Waals surface area contributed by atoms with Gasteiger partial charge >= 0.3 is 0 Å². The van der Waals surface area contributed by atoms with E-state index in [4.69, 9.17) is 4.74 Å². The Labute approximate surface area is 159 Å². The second-order valence-electron chi connectivity index (χ2n) is 9.98. The van der Waals surface area contributed by atoms with Gasteiger partial charge in [0.15, 0.2) is 0 Å². The first-order valence-electron chi connectivity index (χ1n) is 10.8. The number of hydrogen-bond donors (Lipinski definition) is 1. The molecular weight excluding hydrogens is 320 g/mol. The summed E-state index contributed by atoms with van der Waals surface area (Å²) in [5.41, 5.74) is 0.817. The third-order valence-electron chi connectivity index (χ3n) is 8.67. The SMILES string of the molecule is CCCCCC(O)(c1ccccc1)[C@H]1C[C@@H]2[C@H]3CC[C@@](C)([C@@H]2O1)C3(C)C. The van der Waals surface area contributed by atoms with Crippen LogP contribution in [-0.4, -0.2) is 17.3 Å². The summed E-state index contributed by atoms with van der Waals surface area (Å²) in [6, 6.07) is 10.3. The molecule has 1 aromatic carbocycles. The van der Waals surface area contributed by atoms with Crippen LogP contribution in [0.4, 0.5) is 0 Å². The van der Waals surface area contributed by atoms with Crippen LogP contribution in [0.25, 0.3) is 0 Å². The van der Waals surface area contributed by atoms with Gasteiger partial charge in [-0.25, -0.2) is 0 Å². The second-order valence-corrected chi connectivity index (χ2v) is 9.98. The van der Waals surface area contributed by atoms with Gasteiger partial charge in [0.05, 0.1) is 12.2 Å². The van der Waals surface area contributed by atoms with Crippen molar-refractivity contribution in [1.29, 1.82) is 0 Å². The first kappa shape index (κ1) is 18.5. The number of aliphatic hydroxyl groups is 1. The third-order valence-corrected chi connectivity index (χ3v) is 8.67. The molecule has 2 nitrogen and oxygen atoms in total. The molecular formula is C24H36O2. The maximum atomic E-state index is 11.8. The molecule has 2 heteroatoms. The van der Waals surface area contributed by atoms with E-state index in [1.165, 1.54) is 25.7 Å². The minimum Gasteiger partial charge on any atom is -0.382 e. The molecule has 0 amide bonds. The molecule has 1 saturated heterocycles. The van der Waals surface area contributed by atoms with Crippen LogP contribution in [0.5, 0.6) is 0 Å². The van der Waals surface area contributed by atoms with Crippen LogP contribution in [0.15, 0.2) is 30.3 Å². The van der Waals surface area contributed by atoms with Crippen LogP contribution in [0.1, 0.15) is 78.2 Å². The molecule has 2 aliphatic carbocycles. The average Bonchev–Trinajstić information content (AvgIpc) is 3.22. The van der Waals surface area contributed by atoms with Crippen molar-refractivity contribution in [2.24, 2.45) is 22.7 Å². The number of hydrogen-bond acceptors (Lipinski definition) is 2. The molecule has 3 aliphatic rings. The lowest BCUT2D eigenvalue weighted by Gasteiger charge is -2.41. The van der Waals surface area contributed by atoms with Crippen molar-refractivity contribution in [3.05, 3.63) is 35.9 Å². The molecule has 0 spiro atoms. The fraction of sp³-hybridized carbons (Fsp3) is 0.750. The Balaban J connectivity index is 1.61. The Morgan fingerprint density at radius 2 is 1.88 bits per heavy atom. The number of benzene rings is 1. The van der Waals surface area contributed by atoms with Gasteiger partial charge in [0.25, 0.3) is 0 Å². The van der Waals surface area contributed by atoms with Gasteiger partial charge < -0.3 is 9.84 Å². The highest BCUT2D eigenvalue weighted by Crippen LogP contribution is 2.71. The molecule has 2 bridgehead atoms. The number of fused-ring (bicyclic) bond motifs is 5. The normalized spacial score (nSPS) is 39.7. The van der Waals surface area contributed by atoms with E-state index in [0.29, 0.717) is 17.4 Å². The van der Waals surface area contributed by atoms with Crippen LogP contribution in [0, 0.1) is 22.7 Å². The summed E-state index contributed by atoms with van der Waals surface area (Å²) in [5.74, 6) is 1.37.